The van der Waals surface area contributed by atoms with Crippen LogP contribution in [0.4, 0.5) is 5.82 Å². The maximum absolute atomic E-state index is 10.8. The van der Waals surface area contributed by atoms with Crippen LogP contribution < -0.4 is 5.23 Å². The van der Waals surface area contributed by atoms with Gasteiger partial charge in [-0.3, -0.25) is 10.4 Å². The SMILES string of the molecule is CC(C)(O)[C@H]1CC[C@](C)([C@@H]2CC[C@](C)([C@@H](O)Cc3c[nH]c(N(O)O)c3)O2)O1. The van der Waals surface area contributed by atoms with Gasteiger partial charge in [0.25, 0.3) is 0 Å². The standard InChI is InChI=1S/C19H32N2O6/c1-17(2,23)14-5-8-19(4,26-14)15-6-7-18(3,27-15)13(22)9-12-10-16(20-11-12)21(24)25/h10-11,13-15,20,22-25H,5-9H2,1-4H3/t13-,14+,15-,18+,19+/m0/s1. The molecular formula is C19H32N2O6. The first-order valence-electron chi connectivity index (χ1n) is 9.54. The number of ether oxygens (including phenoxy) is 2. The Morgan fingerprint density at radius 2 is 1.96 bits per heavy atom. The molecule has 0 radical (unpaired) electrons. The van der Waals surface area contributed by atoms with E-state index in [1.54, 1.807) is 26.1 Å². The van der Waals surface area contributed by atoms with E-state index in [-0.39, 0.29) is 23.3 Å². The number of anilines is 1. The number of nitrogens with one attached hydrogen (secondary N) is 1. The maximum atomic E-state index is 10.8. The Hall–Kier alpha value is -1.16. The average Bonchev–Trinajstić information content (AvgIpc) is 3.26. The van der Waals surface area contributed by atoms with Gasteiger partial charge in [0.1, 0.15) is 0 Å². The molecule has 2 fully saturated rings. The van der Waals surface area contributed by atoms with Crippen LogP contribution in [0.15, 0.2) is 12.3 Å². The van der Waals surface area contributed by atoms with Crippen LogP contribution in [-0.4, -0.2) is 60.7 Å². The number of H-pyrrole nitrogens is 1. The van der Waals surface area contributed by atoms with Crippen molar-refractivity contribution < 1.29 is 30.1 Å². The topological polar surface area (TPSA) is 118 Å². The quantitative estimate of drug-likeness (QED) is 0.477. The molecule has 3 heterocycles. The summed E-state index contributed by atoms with van der Waals surface area (Å²) in [5.74, 6) is 0.136. The van der Waals surface area contributed by atoms with Crippen LogP contribution in [0.3, 0.4) is 0 Å². The van der Waals surface area contributed by atoms with E-state index in [1.807, 2.05) is 13.8 Å². The van der Waals surface area contributed by atoms with E-state index in [4.69, 9.17) is 19.9 Å². The third-order valence-electron chi connectivity index (χ3n) is 6.17. The van der Waals surface area contributed by atoms with E-state index in [0.717, 1.165) is 24.8 Å². The van der Waals surface area contributed by atoms with Crippen molar-refractivity contribution in [1.29, 1.82) is 0 Å². The highest BCUT2D eigenvalue weighted by Gasteiger charge is 2.53. The molecule has 0 spiro atoms. The van der Waals surface area contributed by atoms with E-state index < -0.39 is 22.9 Å². The number of aromatic nitrogens is 1. The fourth-order valence-corrected chi connectivity index (χ4v) is 4.23. The lowest BCUT2D eigenvalue weighted by Gasteiger charge is -2.37. The third-order valence-corrected chi connectivity index (χ3v) is 6.17. The van der Waals surface area contributed by atoms with Crippen LogP contribution >= 0.6 is 0 Å². The molecule has 8 nitrogen and oxygen atoms in total. The molecule has 0 aromatic carbocycles. The lowest BCUT2D eigenvalue weighted by Crippen LogP contribution is -2.47. The lowest BCUT2D eigenvalue weighted by atomic mass is 9.89. The van der Waals surface area contributed by atoms with E-state index in [9.17, 15) is 10.2 Å². The van der Waals surface area contributed by atoms with Crippen molar-refractivity contribution in [3.63, 3.8) is 0 Å². The highest BCUT2D eigenvalue weighted by Crippen LogP contribution is 2.46. The Morgan fingerprint density at radius 1 is 1.26 bits per heavy atom. The number of nitrogens with zero attached hydrogens (tertiary/aromatic N) is 1. The van der Waals surface area contributed by atoms with E-state index >= 15 is 0 Å². The van der Waals surface area contributed by atoms with Crippen molar-refractivity contribution in [2.45, 2.75) is 94.9 Å². The van der Waals surface area contributed by atoms with Gasteiger partial charge in [0.05, 0.1) is 35.1 Å². The highest BCUT2D eigenvalue weighted by molar-refractivity contribution is 5.37. The fourth-order valence-electron chi connectivity index (χ4n) is 4.23. The van der Waals surface area contributed by atoms with Crippen molar-refractivity contribution in [1.82, 2.24) is 4.98 Å². The molecule has 27 heavy (non-hydrogen) atoms. The summed E-state index contributed by atoms with van der Waals surface area (Å²) < 4.78 is 12.5. The zero-order chi connectivity index (χ0) is 20.0. The predicted molar refractivity (Wildman–Crippen MR) is 97.9 cm³/mol. The number of hydrogen-bond donors (Lipinski definition) is 5. The first kappa shape index (κ1) is 20.6. The monoisotopic (exact) mass is 384 g/mol. The third kappa shape index (κ3) is 4.16. The Morgan fingerprint density at radius 3 is 2.52 bits per heavy atom. The van der Waals surface area contributed by atoms with Crippen LogP contribution in [0.5, 0.6) is 0 Å². The Bertz CT molecular complexity index is 657. The van der Waals surface area contributed by atoms with Crippen molar-refractivity contribution >= 4 is 5.82 Å². The van der Waals surface area contributed by atoms with Gasteiger partial charge in [0.2, 0.25) is 0 Å². The number of aliphatic hydroxyl groups excluding tert-OH is 1. The molecule has 2 saturated heterocycles. The minimum atomic E-state index is -0.890. The van der Waals surface area contributed by atoms with Gasteiger partial charge < -0.3 is 24.7 Å². The number of aromatic amines is 1. The number of hydrogen-bond acceptors (Lipinski definition) is 7. The van der Waals surface area contributed by atoms with E-state index in [0.29, 0.717) is 12.8 Å². The Balaban J connectivity index is 1.63. The first-order chi connectivity index (χ1) is 12.4. The summed E-state index contributed by atoms with van der Waals surface area (Å²) in [6, 6.07) is 1.56. The summed E-state index contributed by atoms with van der Waals surface area (Å²) in [5.41, 5.74) is -1.32. The molecule has 3 rings (SSSR count). The molecule has 0 amide bonds. The molecule has 0 aliphatic carbocycles. The Kier molecular flexibility index (Phi) is 5.35. The van der Waals surface area contributed by atoms with Gasteiger partial charge >= 0.3 is 0 Å². The summed E-state index contributed by atoms with van der Waals surface area (Å²) in [6.07, 6.45) is 3.92. The van der Waals surface area contributed by atoms with Crippen LogP contribution in [0.25, 0.3) is 0 Å². The van der Waals surface area contributed by atoms with Gasteiger partial charge in [-0.1, -0.05) is 0 Å². The maximum Gasteiger partial charge on any atom is 0.161 e. The van der Waals surface area contributed by atoms with Gasteiger partial charge in [0.15, 0.2) is 5.82 Å². The molecule has 0 unspecified atom stereocenters. The summed E-state index contributed by atoms with van der Waals surface area (Å²) >= 11 is 0. The van der Waals surface area contributed by atoms with Crippen molar-refractivity contribution in [2.75, 3.05) is 5.23 Å². The zero-order valence-corrected chi connectivity index (χ0v) is 16.5. The Labute approximate surface area is 159 Å². The van der Waals surface area contributed by atoms with Crippen molar-refractivity contribution in [3.05, 3.63) is 17.8 Å². The molecule has 154 valence electrons. The fraction of sp³-hybridized carbons (Fsp3) is 0.789. The van der Waals surface area contributed by atoms with Crippen molar-refractivity contribution in [3.8, 4) is 0 Å². The molecule has 5 N–H and O–H groups in total. The molecule has 2 aliphatic rings. The van der Waals surface area contributed by atoms with Gasteiger partial charge in [-0.15, -0.1) is 5.23 Å². The second-order valence-electron chi connectivity index (χ2n) is 8.97. The molecule has 8 heteroatoms. The normalized spacial score (nSPS) is 35.6. The van der Waals surface area contributed by atoms with E-state index in [2.05, 4.69) is 4.98 Å². The van der Waals surface area contributed by atoms with Gasteiger partial charge in [-0.05, 0) is 65.0 Å². The van der Waals surface area contributed by atoms with Gasteiger partial charge in [0, 0.05) is 12.6 Å². The highest BCUT2D eigenvalue weighted by atomic mass is 16.8. The van der Waals surface area contributed by atoms with Gasteiger partial charge in [-0.25, -0.2) is 0 Å². The summed E-state index contributed by atoms with van der Waals surface area (Å²) in [6.45, 7) is 7.45. The first-order valence-corrected chi connectivity index (χ1v) is 9.54. The molecule has 5 atom stereocenters. The lowest BCUT2D eigenvalue weighted by molar-refractivity contribution is -0.189. The molecule has 1 aromatic rings. The minimum absolute atomic E-state index is 0.0109. The molecule has 2 aliphatic heterocycles. The largest absolute Gasteiger partial charge is 0.390 e. The summed E-state index contributed by atoms with van der Waals surface area (Å²) in [7, 11) is 0. The minimum Gasteiger partial charge on any atom is -0.390 e. The van der Waals surface area contributed by atoms with Crippen molar-refractivity contribution in [2.24, 2.45) is 0 Å². The molecule has 0 bridgehead atoms. The molecular weight excluding hydrogens is 352 g/mol. The number of aliphatic hydroxyl groups is 2. The zero-order valence-electron chi connectivity index (χ0n) is 16.5. The van der Waals surface area contributed by atoms with Crippen LogP contribution in [0, 0.1) is 0 Å². The molecule has 0 saturated carbocycles. The average molecular weight is 384 g/mol. The smallest absolute Gasteiger partial charge is 0.161 e. The van der Waals surface area contributed by atoms with Crippen LogP contribution in [-0.2, 0) is 15.9 Å². The van der Waals surface area contributed by atoms with Crippen LogP contribution in [0.1, 0.15) is 58.9 Å². The molecule has 1 aromatic heterocycles. The predicted octanol–water partition coefficient (Wildman–Crippen LogP) is 2.15. The summed E-state index contributed by atoms with van der Waals surface area (Å²) in [5, 5.41) is 39.1. The van der Waals surface area contributed by atoms with Crippen LogP contribution in [0.2, 0.25) is 0 Å². The second-order valence-corrected chi connectivity index (χ2v) is 8.97. The second kappa shape index (κ2) is 7.02. The van der Waals surface area contributed by atoms with E-state index in [1.165, 1.54) is 0 Å². The van der Waals surface area contributed by atoms with Gasteiger partial charge in [-0.2, -0.15) is 0 Å². The summed E-state index contributed by atoms with van der Waals surface area (Å²) in [4.78, 5) is 2.72. The number of rotatable bonds is 6.